The number of hydrogen-bond donors (Lipinski definition) is 2. The van der Waals surface area contributed by atoms with E-state index in [0.717, 1.165) is 47.9 Å². The first-order valence-electron chi connectivity index (χ1n) is 18.3. The number of aromatic nitrogens is 5. The maximum atomic E-state index is 13.9. The third kappa shape index (κ3) is 7.44. The van der Waals surface area contributed by atoms with E-state index in [4.69, 9.17) is 4.98 Å². The molecule has 0 aliphatic carbocycles. The number of aliphatic imine (C=N–C) groups is 1. The molecule has 56 heavy (non-hydrogen) atoms. The maximum Gasteiger partial charge on any atom is 0.416 e. The fourth-order valence-corrected chi connectivity index (χ4v) is 7.35. The van der Waals surface area contributed by atoms with Gasteiger partial charge in [-0.3, -0.25) is 14.7 Å². The first kappa shape index (κ1) is 36.5. The molecular weight excluding hydrogens is 722 g/mol. The van der Waals surface area contributed by atoms with Crippen molar-refractivity contribution in [2.24, 2.45) is 12.0 Å². The van der Waals surface area contributed by atoms with E-state index in [9.17, 15) is 22.8 Å². The lowest BCUT2D eigenvalue weighted by Crippen LogP contribution is -2.48. The minimum absolute atomic E-state index is 0.132. The zero-order chi connectivity index (χ0) is 39.1. The Morgan fingerprint density at radius 3 is 2.66 bits per heavy atom. The minimum Gasteiger partial charge on any atom is -0.366 e. The summed E-state index contributed by atoms with van der Waals surface area (Å²) in [4.78, 5) is 39.8. The summed E-state index contributed by atoms with van der Waals surface area (Å²) in [5.74, 6) is 0.264. The van der Waals surface area contributed by atoms with Gasteiger partial charge in [0.05, 0.1) is 47.1 Å². The van der Waals surface area contributed by atoms with Crippen LogP contribution in [0.4, 0.5) is 35.2 Å². The Morgan fingerprint density at radius 1 is 1.02 bits per heavy atom. The summed E-state index contributed by atoms with van der Waals surface area (Å²) in [7, 11) is 2.03. The van der Waals surface area contributed by atoms with Gasteiger partial charge in [0.15, 0.2) is 5.82 Å². The van der Waals surface area contributed by atoms with Gasteiger partial charge in [0.1, 0.15) is 5.69 Å². The van der Waals surface area contributed by atoms with Crippen molar-refractivity contribution in [2.45, 2.75) is 51.9 Å². The largest absolute Gasteiger partial charge is 0.416 e. The molecule has 0 saturated carbocycles. The third-order valence-corrected chi connectivity index (χ3v) is 10.4. The van der Waals surface area contributed by atoms with E-state index in [2.05, 4.69) is 61.4 Å². The summed E-state index contributed by atoms with van der Waals surface area (Å²) in [6.07, 6.45) is 4.67. The Bertz CT molecular complexity index is 2440. The van der Waals surface area contributed by atoms with Gasteiger partial charge in [-0.05, 0) is 99.0 Å². The second kappa shape index (κ2) is 14.6. The van der Waals surface area contributed by atoms with Gasteiger partial charge in [0, 0.05) is 54.9 Å². The van der Waals surface area contributed by atoms with Gasteiger partial charge in [0.2, 0.25) is 5.91 Å². The van der Waals surface area contributed by atoms with Crippen LogP contribution >= 0.6 is 0 Å². The molecule has 2 bridgehead atoms. The molecule has 5 aromatic rings. The molecule has 15 heteroatoms. The van der Waals surface area contributed by atoms with Crippen molar-refractivity contribution in [1.82, 2.24) is 29.9 Å². The standard InChI is InChI=1S/C41H39F3N10O2/c1-25-18-26(2)51(3)37(25)21-31-11-10-29(46-31)12-15-38(55)45-22-32-23-53(50-49-32)33-9-5-8-30(20-33)47-40(56)54-34-16-17-52(24-34)36-14-13-35(48-39(36)54)27-6-4-7-28(19-27)41(42,43)44/h4-11,13-14,18-21,23,34H,12,15-17,22,24H2,1-3H3,(H,45,55)(H,47,56)/b31-21-/t34-/m0/s1. The molecule has 3 amide bonds. The number of rotatable bonds is 9. The fourth-order valence-electron chi connectivity index (χ4n) is 7.35. The Hall–Kier alpha value is -6.51. The molecule has 3 aromatic heterocycles. The highest BCUT2D eigenvalue weighted by atomic mass is 19.4. The van der Waals surface area contributed by atoms with Crippen LogP contribution in [0.3, 0.4) is 0 Å². The van der Waals surface area contributed by atoms with Gasteiger partial charge >= 0.3 is 12.2 Å². The molecule has 1 saturated heterocycles. The maximum absolute atomic E-state index is 13.9. The predicted octanol–water partition coefficient (Wildman–Crippen LogP) is 7.38. The number of fused-ring (bicyclic) bond motifs is 4. The molecule has 0 radical (unpaired) electrons. The van der Waals surface area contributed by atoms with Gasteiger partial charge < -0.3 is 20.1 Å². The van der Waals surface area contributed by atoms with E-state index in [1.807, 2.05) is 31.3 Å². The van der Waals surface area contributed by atoms with Crippen LogP contribution in [0.25, 0.3) is 23.0 Å². The number of carbonyl (C=O) groups is 2. The summed E-state index contributed by atoms with van der Waals surface area (Å²) in [6, 6.07) is 17.2. The van der Waals surface area contributed by atoms with Gasteiger partial charge in [-0.2, -0.15) is 13.2 Å². The number of halogens is 3. The Labute approximate surface area is 321 Å². The van der Waals surface area contributed by atoms with E-state index < -0.39 is 17.8 Å². The van der Waals surface area contributed by atoms with Crippen molar-refractivity contribution in [2.75, 3.05) is 28.2 Å². The Balaban J connectivity index is 0.896. The third-order valence-electron chi connectivity index (χ3n) is 10.4. The molecule has 3 aliphatic rings. The molecule has 0 spiro atoms. The molecular formula is C41H39F3N10O2. The number of amides is 3. The lowest BCUT2D eigenvalue weighted by Gasteiger charge is -2.36. The molecule has 12 nitrogen and oxygen atoms in total. The normalized spacial score (nSPS) is 16.7. The number of aryl methyl sites for hydroxylation is 2. The quantitative estimate of drug-likeness (QED) is 0.162. The number of allylic oxidation sites excluding steroid dienone is 2. The first-order valence-corrected chi connectivity index (χ1v) is 18.3. The average molecular weight is 761 g/mol. The minimum atomic E-state index is -4.49. The van der Waals surface area contributed by atoms with Gasteiger partial charge in [-0.1, -0.05) is 23.4 Å². The van der Waals surface area contributed by atoms with E-state index in [1.54, 1.807) is 46.1 Å². The SMILES string of the molecule is Cc1cc(C)n(C)c1/C=C1/C=CC(CCC(=O)NCc2cn(-c3cccc(NC(=O)N4c5nc(-c6cccc(C(F)(F)F)c6)ccc5N5CC[C@H]4C5)c3)nn2)=N1. The summed E-state index contributed by atoms with van der Waals surface area (Å²) >= 11 is 0. The monoisotopic (exact) mass is 760 g/mol. The van der Waals surface area contributed by atoms with Crippen LogP contribution in [0.2, 0.25) is 0 Å². The highest BCUT2D eigenvalue weighted by molar-refractivity contribution is 6.05. The molecule has 1 atom stereocenters. The lowest BCUT2D eigenvalue weighted by molar-refractivity contribution is -0.137. The number of urea groups is 1. The number of hydrogen-bond acceptors (Lipinski definition) is 7. The van der Waals surface area contributed by atoms with Crippen molar-refractivity contribution < 1.29 is 22.8 Å². The summed E-state index contributed by atoms with van der Waals surface area (Å²) < 4.78 is 44.1. The zero-order valence-electron chi connectivity index (χ0n) is 31.0. The molecule has 286 valence electrons. The molecule has 2 aromatic carbocycles. The zero-order valence-corrected chi connectivity index (χ0v) is 31.0. The highest BCUT2D eigenvalue weighted by Crippen LogP contribution is 2.41. The number of anilines is 3. The number of carbonyl (C=O) groups excluding carboxylic acids is 2. The average Bonchev–Trinajstić information content (AvgIpc) is 3.99. The van der Waals surface area contributed by atoms with Crippen molar-refractivity contribution in [3.63, 3.8) is 0 Å². The number of alkyl halides is 3. The van der Waals surface area contributed by atoms with Crippen LogP contribution in [0.15, 0.2) is 95.8 Å². The second-order valence-corrected chi connectivity index (χ2v) is 14.2. The molecule has 3 aliphatic heterocycles. The van der Waals surface area contributed by atoms with E-state index >= 15 is 0 Å². The molecule has 2 N–H and O–H groups in total. The first-order chi connectivity index (χ1) is 26.9. The lowest BCUT2D eigenvalue weighted by atomic mass is 10.1. The van der Waals surface area contributed by atoms with Crippen molar-refractivity contribution in [3.8, 4) is 16.9 Å². The Kier molecular flexibility index (Phi) is 9.52. The topological polar surface area (TPSA) is 126 Å². The van der Waals surface area contributed by atoms with Crippen LogP contribution in [0.5, 0.6) is 0 Å². The van der Waals surface area contributed by atoms with Crippen molar-refractivity contribution >= 4 is 40.9 Å². The van der Waals surface area contributed by atoms with Crippen molar-refractivity contribution in [3.05, 3.63) is 119 Å². The molecule has 6 heterocycles. The van der Waals surface area contributed by atoms with E-state index in [0.29, 0.717) is 47.1 Å². The van der Waals surface area contributed by atoms with Gasteiger partial charge in [-0.25, -0.2) is 14.5 Å². The highest BCUT2D eigenvalue weighted by Gasteiger charge is 2.40. The number of benzene rings is 2. The van der Waals surface area contributed by atoms with Crippen LogP contribution in [-0.2, 0) is 24.6 Å². The van der Waals surface area contributed by atoms with Crippen molar-refractivity contribution in [1.29, 1.82) is 0 Å². The summed E-state index contributed by atoms with van der Waals surface area (Å²) in [6.45, 7) is 5.70. The van der Waals surface area contributed by atoms with Gasteiger partial charge in [-0.15, -0.1) is 5.10 Å². The van der Waals surface area contributed by atoms with E-state index in [-0.39, 0.29) is 24.9 Å². The second-order valence-electron chi connectivity index (χ2n) is 14.2. The van der Waals surface area contributed by atoms with E-state index in [1.165, 1.54) is 17.3 Å². The number of pyridine rings is 1. The van der Waals surface area contributed by atoms with Crippen LogP contribution < -0.4 is 20.4 Å². The summed E-state index contributed by atoms with van der Waals surface area (Å²) in [5.41, 5.74) is 7.51. The predicted molar refractivity (Wildman–Crippen MR) is 209 cm³/mol. The summed E-state index contributed by atoms with van der Waals surface area (Å²) in [5, 5.41) is 14.3. The number of nitrogens with one attached hydrogen (secondary N) is 2. The smallest absolute Gasteiger partial charge is 0.366 e. The van der Waals surface area contributed by atoms with Crippen LogP contribution in [-0.4, -0.2) is 61.3 Å². The number of nitrogens with zero attached hydrogens (tertiary/aromatic N) is 8. The van der Waals surface area contributed by atoms with Crippen LogP contribution in [0.1, 0.15) is 47.5 Å². The molecule has 8 rings (SSSR count). The molecule has 0 unspecified atom stereocenters. The fraction of sp³-hybridized carbons (Fsp3) is 0.268. The Morgan fingerprint density at radius 2 is 1.86 bits per heavy atom. The molecule has 1 fully saturated rings. The van der Waals surface area contributed by atoms with Gasteiger partial charge in [0.25, 0.3) is 0 Å². The van der Waals surface area contributed by atoms with Crippen LogP contribution in [0, 0.1) is 13.8 Å².